The number of aliphatic hydroxyl groups is 1. The molecule has 4 heterocycles. The predicted octanol–water partition coefficient (Wildman–Crippen LogP) is 6.98. The fourth-order valence-electron chi connectivity index (χ4n) is 7.71. The summed E-state index contributed by atoms with van der Waals surface area (Å²) in [5.74, 6) is -0.978. The summed E-state index contributed by atoms with van der Waals surface area (Å²) >= 11 is 0. The van der Waals surface area contributed by atoms with E-state index in [4.69, 9.17) is 4.98 Å². The van der Waals surface area contributed by atoms with Gasteiger partial charge in [0.05, 0.1) is 39.0 Å². The molecule has 9 rings (SSSR count). The van der Waals surface area contributed by atoms with Crippen LogP contribution in [0.1, 0.15) is 64.2 Å². The van der Waals surface area contributed by atoms with Gasteiger partial charge in [-0.25, -0.2) is 13.8 Å². The number of rotatable bonds is 6. The van der Waals surface area contributed by atoms with Gasteiger partial charge in [0.15, 0.2) is 5.65 Å². The topological polar surface area (TPSA) is 101 Å². The van der Waals surface area contributed by atoms with Crippen LogP contribution in [0.5, 0.6) is 0 Å². The molecule has 1 N–H and O–H groups in total. The second-order valence-corrected chi connectivity index (χ2v) is 12.9. The first-order valence-electron chi connectivity index (χ1n) is 15.6. The van der Waals surface area contributed by atoms with Crippen molar-refractivity contribution in [3.63, 3.8) is 0 Å². The van der Waals surface area contributed by atoms with Crippen molar-refractivity contribution in [2.45, 2.75) is 43.2 Å². The number of imide groups is 1. The van der Waals surface area contributed by atoms with Crippen molar-refractivity contribution in [1.82, 2.24) is 24.5 Å². The van der Waals surface area contributed by atoms with Crippen molar-refractivity contribution in [3.8, 4) is 22.4 Å². The van der Waals surface area contributed by atoms with Gasteiger partial charge in [0.25, 0.3) is 18.2 Å². The van der Waals surface area contributed by atoms with Crippen molar-refractivity contribution < 1.29 is 23.5 Å². The van der Waals surface area contributed by atoms with E-state index in [9.17, 15) is 23.5 Å². The Morgan fingerprint density at radius 3 is 2.06 bits per heavy atom. The van der Waals surface area contributed by atoms with Gasteiger partial charge in [-0.3, -0.25) is 18.9 Å². The van der Waals surface area contributed by atoms with Crippen LogP contribution in [0.15, 0.2) is 97.1 Å². The standard InChI is InChI=1S/C37H27F2N5O3/c38-32(39)33-42-41-30-17-16-28-29(43(30)33)18-27(21-6-2-1-3-7-21)31(40-28)22-10-12-23(13-11-22)36(19-37(47,20-36)24-14-15-24)44-34(45)25-8-4-5-9-26(25)35(44)46/h1-13,16-18,24,32,47H,14-15,19-20H2. The number of aromatic nitrogens is 4. The molecule has 10 heteroatoms. The highest BCUT2D eigenvalue weighted by Crippen LogP contribution is 2.61. The maximum Gasteiger partial charge on any atom is 0.297 e. The highest BCUT2D eigenvalue weighted by molar-refractivity contribution is 6.22. The first kappa shape index (κ1) is 27.9. The van der Waals surface area contributed by atoms with Crippen LogP contribution in [0.2, 0.25) is 0 Å². The molecule has 6 aromatic rings. The number of alkyl halides is 2. The lowest BCUT2D eigenvalue weighted by Gasteiger charge is -2.57. The maximum atomic E-state index is 13.9. The van der Waals surface area contributed by atoms with Gasteiger partial charge in [-0.05, 0) is 60.2 Å². The number of hydrogen-bond acceptors (Lipinski definition) is 6. The SMILES string of the molecule is O=C1c2ccccc2C(=O)N1C1(c2ccc(-c3nc4ccc5nnc(C(F)F)n5c4cc3-c3ccccc3)cc2)CC(O)(C2CC2)C1. The summed E-state index contributed by atoms with van der Waals surface area (Å²) in [6, 6.07) is 29.3. The van der Waals surface area contributed by atoms with Gasteiger partial charge in [0, 0.05) is 24.0 Å². The van der Waals surface area contributed by atoms with Crippen molar-refractivity contribution in [2.24, 2.45) is 5.92 Å². The molecule has 8 nitrogen and oxygen atoms in total. The van der Waals surface area contributed by atoms with Gasteiger partial charge in [-0.2, -0.15) is 0 Å². The molecule has 3 aromatic carbocycles. The molecule has 2 amide bonds. The van der Waals surface area contributed by atoms with Crippen LogP contribution in [0.4, 0.5) is 8.78 Å². The van der Waals surface area contributed by atoms with Crippen LogP contribution in [0.3, 0.4) is 0 Å². The number of benzene rings is 3. The average Bonchev–Trinajstić information content (AvgIpc) is 3.80. The normalized spacial score (nSPS) is 22.3. The Hall–Kier alpha value is -5.35. The summed E-state index contributed by atoms with van der Waals surface area (Å²) in [7, 11) is 0. The molecule has 47 heavy (non-hydrogen) atoms. The van der Waals surface area contributed by atoms with Crippen molar-refractivity contribution in [1.29, 1.82) is 0 Å². The summed E-state index contributed by atoms with van der Waals surface area (Å²) in [5.41, 5.74) is 3.82. The van der Waals surface area contributed by atoms with Gasteiger partial charge < -0.3 is 5.11 Å². The van der Waals surface area contributed by atoms with Crippen LogP contribution in [-0.4, -0.2) is 47.0 Å². The first-order chi connectivity index (χ1) is 22.8. The van der Waals surface area contributed by atoms with E-state index in [2.05, 4.69) is 10.2 Å². The largest absolute Gasteiger partial charge is 0.389 e. The number of halogens is 2. The molecule has 0 saturated heterocycles. The van der Waals surface area contributed by atoms with E-state index in [1.54, 1.807) is 36.4 Å². The molecule has 3 aromatic heterocycles. The third kappa shape index (κ3) is 4.04. The Morgan fingerprint density at radius 1 is 0.766 bits per heavy atom. The monoisotopic (exact) mass is 627 g/mol. The van der Waals surface area contributed by atoms with Crippen molar-refractivity contribution in [3.05, 3.63) is 120 Å². The third-order valence-corrected chi connectivity index (χ3v) is 10.1. The van der Waals surface area contributed by atoms with E-state index >= 15 is 0 Å². The molecule has 2 saturated carbocycles. The Bertz CT molecular complexity index is 2220. The zero-order valence-corrected chi connectivity index (χ0v) is 25.0. The van der Waals surface area contributed by atoms with Crippen LogP contribution >= 0.6 is 0 Å². The summed E-state index contributed by atoms with van der Waals surface area (Å²) < 4.78 is 29.2. The number of hydrogen-bond donors (Lipinski definition) is 1. The van der Waals surface area contributed by atoms with Crippen LogP contribution in [0, 0.1) is 5.92 Å². The second-order valence-electron chi connectivity index (χ2n) is 12.9. The maximum absolute atomic E-state index is 13.9. The van der Waals surface area contributed by atoms with Crippen molar-refractivity contribution >= 4 is 28.5 Å². The van der Waals surface area contributed by atoms with Crippen LogP contribution < -0.4 is 0 Å². The lowest BCUT2D eigenvalue weighted by molar-refractivity contribution is -0.143. The number of carbonyl (C=O) groups is 2. The quantitative estimate of drug-likeness (QED) is 0.200. The first-order valence-corrected chi connectivity index (χ1v) is 15.6. The third-order valence-electron chi connectivity index (χ3n) is 10.1. The van der Waals surface area contributed by atoms with Gasteiger partial charge in [-0.1, -0.05) is 66.7 Å². The molecular weight excluding hydrogens is 600 g/mol. The number of fused-ring (bicyclic) bond motifs is 4. The van der Waals surface area contributed by atoms with Gasteiger partial charge in [0.2, 0.25) is 5.82 Å². The zero-order chi connectivity index (χ0) is 32.1. The second kappa shape index (κ2) is 9.83. The number of nitrogens with zero attached hydrogens (tertiary/aromatic N) is 5. The Kier molecular flexibility index (Phi) is 5.84. The molecule has 0 spiro atoms. The summed E-state index contributed by atoms with van der Waals surface area (Å²) in [6.07, 6.45) is -0.393. The molecule has 0 radical (unpaired) electrons. The minimum Gasteiger partial charge on any atom is -0.389 e. The fourth-order valence-corrected chi connectivity index (χ4v) is 7.71. The molecule has 2 fully saturated rings. The van der Waals surface area contributed by atoms with E-state index in [1.165, 1.54) is 9.30 Å². The Labute approximate surface area is 267 Å². The number of pyridine rings is 2. The lowest BCUT2D eigenvalue weighted by Crippen LogP contribution is -2.65. The minimum atomic E-state index is -2.82. The lowest BCUT2D eigenvalue weighted by atomic mass is 9.58. The number of amides is 2. The molecule has 2 aliphatic carbocycles. The molecular formula is C37H27F2N5O3. The van der Waals surface area contributed by atoms with E-state index in [-0.39, 0.29) is 30.6 Å². The summed E-state index contributed by atoms with van der Waals surface area (Å²) in [6.45, 7) is 0. The van der Waals surface area contributed by atoms with Crippen LogP contribution in [-0.2, 0) is 5.54 Å². The minimum absolute atomic E-state index is 0.170. The molecule has 0 bridgehead atoms. The summed E-state index contributed by atoms with van der Waals surface area (Å²) in [5, 5.41) is 19.1. The number of carbonyl (C=O) groups excluding carboxylic acids is 2. The highest BCUT2D eigenvalue weighted by Gasteiger charge is 2.66. The summed E-state index contributed by atoms with van der Waals surface area (Å²) in [4.78, 5) is 33.8. The van der Waals surface area contributed by atoms with E-state index < -0.39 is 23.4 Å². The molecule has 1 aliphatic heterocycles. The predicted molar refractivity (Wildman–Crippen MR) is 170 cm³/mol. The van der Waals surface area contributed by atoms with E-state index in [0.29, 0.717) is 33.5 Å². The molecule has 232 valence electrons. The molecule has 0 atom stereocenters. The average molecular weight is 628 g/mol. The van der Waals surface area contributed by atoms with Gasteiger partial charge in [-0.15, -0.1) is 10.2 Å². The van der Waals surface area contributed by atoms with Crippen LogP contribution in [0.25, 0.3) is 39.1 Å². The smallest absolute Gasteiger partial charge is 0.297 e. The van der Waals surface area contributed by atoms with E-state index in [1.807, 2.05) is 60.7 Å². The Morgan fingerprint density at radius 2 is 1.43 bits per heavy atom. The van der Waals surface area contributed by atoms with Gasteiger partial charge >= 0.3 is 0 Å². The fraction of sp³-hybridized carbons (Fsp3) is 0.216. The van der Waals surface area contributed by atoms with Crippen molar-refractivity contribution in [2.75, 3.05) is 0 Å². The molecule has 0 unspecified atom stereocenters. The van der Waals surface area contributed by atoms with E-state index in [0.717, 1.165) is 35.1 Å². The van der Waals surface area contributed by atoms with Gasteiger partial charge in [0.1, 0.15) is 0 Å². The highest BCUT2D eigenvalue weighted by atomic mass is 19.3. The zero-order valence-electron chi connectivity index (χ0n) is 25.0. The molecule has 3 aliphatic rings. The Balaban J connectivity index is 1.18.